The molecule has 138 valence electrons. The van der Waals surface area contributed by atoms with E-state index in [-0.39, 0.29) is 11.0 Å². The van der Waals surface area contributed by atoms with Gasteiger partial charge in [0.25, 0.3) is 5.91 Å². The molecule has 0 spiro atoms. The molecule has 0 aliphatic rings. The van der Waals surface area contributed by atoms with E-state index in [1.807, 2.05) is 13.0 Å². The Kier molecular flexibility index (Phi) is 7.23. The second kappa shape index (κ2) is 9.62. The molecule has 0 fully saturated rings. The fraction of sp³-hybridized carbons (Fsp3) is 0.263. The van der Waals surface area contributed by atoms with Gasteiger partial charge in [-0.2, -0.15) is 0 Å². The van der Waals surface area contributed by atoms with Crippen molar-refractivity contribution in [1.82, 2.24) is 5.32 Å². The summed E-state index contributed by atoms with van der Waals surface area (Å²) < 4.78 is 16.0. The van der Waals surface area contributed by atoms with Crippen molar-refractivity contribution in [2.24, 2.45) is 0 Å². The Morgan fingerprint density at radius 1 is 1.08 bits per heavy atom. The van der Waals surface area contributed by atoms with Gasteiger partial charge in [0.15, 0.2) is 16.6 Å². The average molecular weight is 374 g/mol. The molecular formula is C19H22N2O4S. The normalized spacial score (nSPS) is 9.96. The van der Waals surface area contributed by atoms with E-state index in [4.69, 9.17) is 26.4 Å². The maximum atomic E-state index is 12.4. The van der Waals surface area contributed by atoms with Crippen molar-refractivity contribution in [3.63, 3.8) is 0 Å². The van der Waals surface area contributed by atoms with E-state index >= 15 is 0 Å². The van der Waals surface area contributed by atoms with Gasteiger partial charge in [-0.15, -0.1) is 0 Å². The zero-order chi connectivity index (χ0) is 18.9. The Morgan fingerprint density at radius 3 is 2.54 bits per heavy atom. The molecule has 7 heteroatoms. The number of anilines is 1. The fourth-order valence-corrected chi connectivity index (χ4v) is 2.41. The molecule has 6 nitrogen and oxygen atoms in total. The predicted octanol–water partition coefficient (Wildman–Crippen LogP) is 3.62. The van der Waals surface area contributed by atoms with E-state index < -0.39 is 0 Å². The molecule has 2 rings (SSSR count). The van der Waals surface area contributed by atoms with Crippen LogP contribution < -0.4 is 24.8 Å². The number of hydrogen-bond donors (Lipinski definition) is 2. The molecule has 0 radical (unpaired) electrons. The van der Waals surface area contributed by atoms with Crippen LogP contribution >= 0.6 is 12.2 Å². The third-order valence-corrected chi connectivity index (χ3v) is 3.64. The van der Waals surface area contributed by atoms with Crippen molar-refractivity contribution in [3.05, 3.63) is 48.0 Å². The Bertz CT molecular complexity index is 780. The first-order valence-corrected chi connectivity index (χ1v) is 8.55. The van der Waals surface area contributed by atoms with E-state index in [0.717, 1.165) is 6.42 Å². The highest BCUT2D eigenvalue weighted by atomic mass is 32.1. The summed E-state index contributed by atoms with van der Waals surface area (Å²) in [7, 11) is 3.11. The summed E-state index contributed by atoms with van der Waals surface area (Å²) in [5, 5.41) is 5.78. The SMILES string of the molecule is CCCOc1cccc(C(=O)NC(=S)Nc2ccc(OC)c(OC)c2)c1. The summed E-state index contributed by atoms with van der Waals surface area (Å²) >= 11 is 5.21. The van der Waals surface area contributed by atoms with Gasteiger partial charge >= 0.3 is 0 Å². The van der Waals surface area contributed by atoms with E-state index in [1.165, 1.54) is 0 Å². The number of methoxy groups -OCH3 is 2. The van der Waals surface area contributed by atoms with Gasteiger partial charge in [-0.3, -0.25) is 10.1 Å². The van der Waals surface area contributed by atoms with Gasteiger partial charge in [-0.25, -0.2) is 0 Å². The number of benzene rings is 2. The van der Waals surface area contributed by atoms with Crippen LogP contribution in [0.15, 0.2) is 42.5 Å². The van der Waals surface area contributed by atoms with E-state index in [1.54, 1.807) is 50.6 Å². The van der Waals surface area contributed by atoms with E-state index in [2.05, 4.69) is 10.6 Å². The van der Waals surface area contributed by atoms with Crippen LogP contribution in [0.3, 0.4) is 0 Å². The van der Waals surface area contributed by atoms with E-state index in [0.29, 0.717) is 35.1 Å². The molecule has 0 heterocycles. The third kappa shape index (κ3) is 5.35. The fourth-order valence-electron chi connectivity index (χ4n) is 2.20. The molecule has 1 amide bonds. The molecule has 0 aromatic heterocycles. The van der Waals surface area contributed by atoms with Gasteiger partial charge in [-0.1, -0.05) is 13.0 Å². The zero-order valence-electron chi connectivity index (χ0n) is 15.0. The van der Waals surface area contributed by atoms with Crippen LogP contribution in [0, 0.1) is 0 Å². The first-order valence-electron chi connectivity index (χ1n) is 8.14. The van der Waals surface area contributed by atoms with Crippen molar-refractivity contribution in [1.29, 1.82) is 0 Å². The molecule has 2 aromatic rings. The first-order chi connectivity index (χ1) is 12.6. The lowest BCUT2D eigenvalue weighted by atomic mass is 10.2. The predicted molar refractivity (Wildman–Crippen MR) is 105 cm³/mol. The molecule has 0 saturated carbocycles. The lowest BCUT2D eigenvalue weighted by Crippen LogP contribution is -2.34. The summed E-state index contributed by atoms with van der Waals surface area (Å²) in [6.45, 7) is 2.62. The molecule has 0 atom stereocenters. The Labute approximate surface area is 158 Å². The summed E-state index contributed by atoms with van der Waals surface area (Å²) in [6.07, 6.45) is 0.899. The van der Waals surface area contributed by atoms with Gasteiger partial charge in [0.1, 0.15) is 5.75 Å². The molecule has 2 aromatic carbocycles. The molecule has 0 saturated heterocycles. The molecule has 2 N–H and O–H groups in total. The number of amides is 1. The van der Waals surface area contributed by atoms with Crippen LogP contribution in [0.4, 0.5) is 5.69 Å². The second-order valence-corrected chi connectivity index (χ2v) is 5.76. The average Bonchev–Trinajstić information content (AvgIpc) is 2.66. The van der Waals surface area contributed by atoms with Gasteiger partial charge in [0.2, 0.25) is 0 Å². The largest absolute Gasteiger partial charge is 0.494 e. The van der Waals surface area contributed by atoms with Gasteiger partial charge in [-0.05, 0) is 49.0 Å². The van der Waals surface area contributed by atoms with Crippen molar-refractivity contribution in [2.45, 2.75) is 13.3 Å². The minimum Gasteiger partial charge on any atom is -0.494 e. The van der Waals surface area contributed by atoms with Crippen LogP contribution in [0.1, 0.15) is 23.7 Å². The van der Waals surface area contributed by atoms with Crippen LogP contribution in [0.5, 0.6) is 17.2 Å². The van der Waals surface area contributed by atoms with Gasteiger partial charge < -0.3 is 19.5 Å². The molecule has 0 unspecified atom stereocenters. The minimum absolute atomic E-state index is 0.182. The summed E-state index contributed by atoms with van der Waals surface area (Å²) in [6, 6.07) is 12.2. The Hall–Kier alpha value is -2.80. The van der Waals surface area contributed by atoms with E-state index in [9.17, 15) is 4.79 Å². The number of carbonyl (C=O) groups is 1. The number of nitrogens with one attached hydrogen (secondary N) is 2. The highest BCUT2D eigenvalue weighted by molar-refractivity contribution is 7.80. The summed E-state index contributed by atoms with van der Waals surface area (Å²) in [4.78, 5) is 12.4. The summed E-state index contributed by atoms with van der Waals surface area (Å²) in [5.41, 5.74) is 1.14. The highest BCUT2D eigenvalue weighted by Gasteiger charge is 2.10. The number of rotatable bonds is 7. The number of thiocarbonyl (C=S) groups is 1. The topological polar surface area (TPSA) is 68.8 Å². The smallest absolute Gasteiger partial charge is 0.257 e. The quantitative estimate of drug-likeness (QED) is 0.722. The third-order valence-electron chi connectivity index (χ3n) is 3.44. The second-order valence-electron chi connectivity index (χ2n) is 5.35. The molecule has 0 aliphatic heterocycles. The van der Waals surface area contributed by atoms with Crippen LogP contribution in [0.25, 0.3) is 0 Å². The Balaban J connectivity index is 2.00. The molecular weight excluding hydrogens is 352 g/mol. The maximum Gasteiger partial charge on any atom is 0.257 e. The standard InChI is InChI=1S/C19H22N2O4S/c1-4-10-25-15-7-5-6-13(11-15)18(22)21-19(26)20-14-8-9-16(23-2)17(12-14)24-3/h5-9,11-12H,4,10H2,1-3H3,(H2,20,21,22,26). The molecule has 0 aliphatic carbocycles. The molecule has 26 heavy (non-hydrogen) atoms. The minimum atomic E-state index is -0.315. The van der Waals surface area contributed by atoms with Crippen LogP contribution in [-0.4, -0.2) is 31.8 Å². The van der Waals surface area contributed by atoms with Crippen molar-refractivity contribution >= 4 is 28.9 Å². The number of hydrogen-bond acceptors (Lipinski definition) is 5. The van der Waals surface area contributed by atoms with Crippen molar-refractivity contribution in [3.8, 4) is 17.2 Å². The lowest BCUT2D eigenvalue weighted by molar-refractivity contribution is 0.0977. The Morgan fingerprint density at radius 2 is 1.85 bits per heavy atom. The maximum absolute atomic E-state index is 12.4. The number of carbonyl (C=O) groups excluding carboxylic acids is 1. The summed E-state index contributed by atoms with van der Waals surface area (Å²) in [5.74, 6) is 1.51. The lowest BCUT2D eigenvalue weighted by Gasteiger charge is -2.13. The first kappa shape index (κ1) is 19.5. The monoisotopic (exact) mass is 374 g/mol. The van der Waals surface area contributed by atoms with Crippen molar-refractivity contribution in [2.75, 3.05) is 26.1 Å². The van der Waals surface area contributed by atoms with Crippen molar-refractivity contribution < 1.29 is 19.0 Å². The van der Waals surface area contributed by atoms with Crippen LogP contribution in [0.2, 0.25) is 0 Å². The van der Waals surface area contributed by atoms with Gasteiger partial charge in [0, 0.05) is 17.3 Å². The zero-order valence-corrected chi connectivity index (χ0v) is 15.8. The number of ether oxygens (including phenoxy) is 3. The van der Waals surface area contributed by atoms with Gasteiger partial charge in [0.05, 0.1) is 20.8 Å². The van der Waals surface area contributed by atoms with Crippen LogP contribution in [-0.2, 0) is 0 Å². The highest BCUT2D eigenvalue weighted by Crippen LogP contribution is 2.29. The molecule has 0 bridgehead atoms.